The second kappa shape index (κ2) is 5.32. The minimum Gasteiger partial charge on any atom is -0.438 e. The molecule has 0 bridgehead atoms. The summed E-state index contributed by atoms with van der Waals surface area (Å²) in [5, 5.41) is 3.73. The highest BCUT2D eigenvalue weighted by molar-refractivity contribution is 7.89. The topological polar surface area (TPSA) is 98.2 Å². The molecule has 2 heterocycles. The molecule has 8 heteroatoms. The van der Waals surface area contributed by atoms with Crippen LogP contribution in [0.25, 0.3) is 23.0 Å². The van der Waals surface area contributed by atoms with Crippen molar-refractivity contribution < 1.29 is 17.4 Å². The molecular weight excluding hydrogens is 318 g/mol. The molecule has 0 unspecified atom stereocenters. The van der Waals surface area contributed by atoms with Crippen molar-refractivity contribution in [3.05, 3.63) is 42.5 Å². The molecule has 1 saturated carbocycles. The Labute approximate surface area is 132 Å². The van der Waals surface area contributed by atoms with Gasteiger partial charge in [0.15, 0.2) is 5.76 Å². The van der Waals surface area contributed by atoms with Gasteiger partial charge in [-0.25, -0.2) is 13.1 Å². The third kappa shape index (κ3) is 2.90. The molecule has 2 aromatic heterocycles. The molecule has 1 aliphatic rings. The first kappa shape index (κ1) is 14.2. The summed E-state index contributed by atoms with van der Waals surface area (Å²) in [6.07, 6.45) is 1.72. The zero-order valence-electron chi connectivity index (χ0n) is 12.0. The maximum Gasteiger partial charge on any atom is 0.293 e. The van der Waals surface area contributed by atoms with Gasteiger partial charge >= 0.3 is 0 Å². The Morgan fingerprint density at radius 1 is 1.09 bits per heavy atom. The van der Waals surface area contributed by atoms with Crippen LogP contribution in [-0.2, 0) is 10.0 Å². The molecule has 0 aliphatic heterocycles. The first-order valence-electron chi connectivity index (χ1n) is 7.13. The lowest BCUT2D eigenvalue weighted by atomic mass is 10.2. The fourth-order valence-electron chi connectivity index (χ4n) is 2.09. The molecular formula is C15H13N3O4S. The van der Waals surface area contributed by atoms with E-state index in [1.54, 1.807) is 0 Å². The van der Waals surface area contributed by atoms with Gasteiger partial charge in [-0.05, 0) is 25.0 Å². The molecule has 3 aromatic rings. The zero-order valence-corrected chi connectivity index (χ0v) is 12.8. The summed E-state index contributed by atoms with van der Waals surface area (Å²) in [5.41, 5.74) is 0.803. The van der Waals surface area contributed by atoms with Crippen LogP contribution in [0.3, 0.4) is 0 Å². The standard InChI is InChI=1S/C15H13N3O4S/c19-23(20,18-11-6-7-11)13-9-8-12(21-13)15-16-14(17-22-15)10-4-2-1-3-5-10/h1-5,8-9,11,18H,6-7H2. The van der Waals surface area contributed by atoms with Crippen molar-refractivity contribution in [2.75, 3.05) is 0 Å². The van der Waals surface area contributed by atoms with Gasteiger partial charge in [0.2, 0.25) is 10.9 Å². The summed E-state index contributed by atoms with van der Waals surface area (Å²) >= 11 is 0. The van der Waals surface area contributed by atoms with E-state index in [0.29, 0.717) is 5.82 Å². The highest BCUT2D eigenvalue weighted by atomic mass is 32.2. The lowest BCUT2D eigenvalue weighted by Crippen LogP contribution is -2.25. The van der Waals surface area contributed by atoms with Crippen LogP contribution >= 0.6 is 0 Å². The number of rotatable bonds is 5. The molecule has 0 saturated heterocycles. The van der Waals surface area contributed by atoms with E-state index in [2.05, 4.69) is 14.9 Å². The van der Waals surface area contributed by atoms with Gasteiger partial charge < -0.3 is 8.94 Å². The fourth-order valence-corrected chi connectivity index (χ4v) is 3.32. The maximum absolute atomic E-state index is 12.1. The molecule has 0 radical (unpaired) electrons. The molecule has 1 aromatic carbocycles. The Morgan fingerprint density at radius 3 is 2.61 bits per heavy atom. The van der Waals surface area contributed by atoms with E-state index in [1.165, 1.54) is 12.1 Å². The summed E-state index contributed by atoms with van der Waals surface area (Å²) in [6.45, 7) is 0. The summed E-state index contributed by atoms with van der Waals surface area (Å²) in [4.78, 5) is 4.23. The molecule has 1 aliphatic carbocycles. The Morgan fingerprint density at radius 2 is 1.87 bits per heavy atom. The van der Waals surface area contributed by atoms with Crippen LogP contribution in [0, 0.1) is 0 Å². The van der Waals surface area contributed by atoms with Gasteiger partial charge in [0, 0.05) is 11.6 Å². The molecule has 0 amide bonds. The lowest BCUT2D eigenvalue weighted by Gasteiger charge is -2.00. The van der Waals surface area contributed by atoms with Gasteiger partial charge in [0.1, 0.15) is 0 Å². The van der Waals surface area contributed by atoms with Gasteiger partial charge in [-0.2, -0.15) is 4.98 Å². The molecule has 1 N–H and O–H groups in total. The Bertz CT molecular complexity index is 927. The SMILES string of the molecule is O=S(=O)(NC1CC1)c1ccc(-c2nc(-c3ccccc3)no2)o1. The van der Waals surface area contributed by atoms with E-state index in [-0.39, 0.29) is 22.8 Å². The summed E-state index contributed by atoms with van der Waals surface area (Å²) in [7, 11) is -3.64. The highest BCUT2D eigenvalue weighted by Gasteiger charge is 2.30. The van der Waals surface area contributed by atoms with Gasteiger partial charge in [0.25, 0.3) is 15.9 Å². The van der Waals surface area contributed by atoms with Crippen LogP contribution in [0.1, 0.15) is 12.8 Å². The van der Waals surface area contributed by atoms with Crippen molar-refractivity contribution in [2.24, 2.45) is 0 Å². The van der Waals surface area contributed by atoms with Crippen molar-refractivity contribution in [3.63, 3.8) is 0 Å². The van der Waals surface area contributed by atoms with Gasteiger partial charge in [0.05, 0.1) is 0 Å². The average Bonchev–Trinajstić information content (AvgIpc) is 3.07. The smallest absolute Gasteiger partial charge is 0.293 e. The maximum atomic E-state index is 12.1. The first-order valence-corrected chi connectivity index (χ1v) is 8.62. The predicted octanol–water partition coefficient (Wildman–Crippen LogP) is 2.44. The average molecular weight is 331 g/mol. The van der Waals surface area contributed by atoms with E-state index in [1.807, 2.05) is 30.3 Å². The fraction of sp³-hybridized carbons (Fsp3) is 0.200. The van der Waals surface area contributed by atoms with E-state index in [4.69, 9.17) is 8.94 Å². The Hall–Kier alpha value is -2.45. The highest BCUT2D eigenvalue weighted by Crippen LogP contribution is 2.27. The minimum absolute atomic E-state index is 0.0154. The molecule has 118 valence electrons. The number of benzene rings is 1. The second-order valence-electron chi connectivity index (χ2n) is 5.30. The zero-order chi connectivity index (χ0) is 15.9. The summed E-state index contributed by atoms with van der Waals surface area (Å²) in [5.74, 6) is 0.769. The van der Waals surface area contributed by atoms with Crippen molar-refractivity contribution >= 4 is 10.0 Å². The number of nitrogens with one attached hydrogen (secondary N) is 1. The molecule has 0 atom stereocenters. The van der Waals surface area contributed by atoms with Crippen LogP contribution in [0.2, 0.25) is 0 Å². The molecule has 7 nitrogen and oxygen atoms in total. The molecule has 23 heavy (non-hydrogen) atoms. The van der Waals surface area contributed by atoms with Crippen LogP contribution in [0.15, 0.2) is 56.5 Å². The van der Waals surface area contributed by atoms with Crippen LogP contribution in [0.4, 0.5) is 0 Å². The van der Waals surface area contributed by atoms with Crippen LogP contribution < -0.4 is 4.72 Å². The van der Waals surface area contributed by atoms with Crippen LogP contribution in [0.5, 0.6) is 0 Å². The van der Waals surface area contributed by atoms with Gasteiger partial charge in [-0.15, -0.1) is 0 Å². The van der Waals surface area contributed by atoms with E-state index >= 15 is 0 Å². The number of aromatic nitrogens is 2. The third-order valence-electron chi connectivity index (χ3n) is 3.41. The quantitative estimate of drug-likeness (QED) is 0.771. The number of hydrogen-bond donors (Lipinski definition) is 1. The van der Waals surface area contributed by atoms with Crippen molar-refractivity contribution in [1.29, 1.82) is 0 Å². The van der Waals surface area contributed by atoms with E-state index in [9.17, 15) is 8.42 Å². The van der Waals surface area contributed by atoms with Crippen molar-refractivity contribution in [3.8, 4) is 23.0 Å². The molecule has 4 rings (SSSR count). The van der Waals surface area contributed by atoms with Gasteiger partial charge in [-0.1, -0.05) is 35.5 Å². The number of furan rings is 1. The summed E-state index contributed by atoms with van der Waals surface area (Å²) < 4.78 is 37.2. The van der Waals surface area contributed by atoms with E-state index in [0.717, 1.165) is 18.4 Å². The van der Waals surface area contributed by atoms with Crippen molar-refractivity contribution in [2.45, 2.75) is 24.0 Å². The number of nitrogens with zero attached hydrogens (tertiary/aromatic N) is 2. The Balaban J connectivity index is 1.61. The van der Waals surface area contributed by atoms with E-state index < -0.39 is 10.0 Å². The molecule has 1 fully saturated rings. The predicted molar refractivity (Wildman–Crippen MR) is 80.8 cm³/mol. The monoisotopic (exact) mass is 331 g/mol. The Kier molecular flexibility index (Phi) is 3.28. The van der Waals surface area contributed by atoms with Crippen molar-refractivity contribution in [1.82, 2.24) is 14.9 Å². The lowest BCUT2D eigenvalue weighted by molar-refractivity contribution is 0.398. The van der Waals surface area contributed by atoms with Gasteiger partial charge in [-0.3, -0.25) is 0 Å². The second-order valence-corrected chi connectivity index (χ2v) is 6.95. The molecule has 0 spiro atoms. The largest absolute Gasteiger partial charge is 0.438 e. The summed E-state index contributed by atoms with van der Waals surface area (Å²) in [6, 6.07) is 12.2. The minimum atomic E-state index is -3.64. The normalized spacial score (nSPS) is 15.0. The van der Waals surface area contributed by atoms with Crippen LogP contribution in [-0.4, -0.2) is 24.6 Å². The third-order valence-corrected chi connectivity index (χ3v) is 4.81. The first-order chi connectivity index (χ1) is 11.1. The number of sulfonamides is 1. The number of hydrogen-bond acceptors (Lipinski definition) is 6.